The molecule has 196 valence electrons. The third-order valence-corrected chi connectivity index (χ3v) is 7.96. The van der Waals surface area contributed by atoms with Gasteiger partial charge in [-0.15, -0.1) is 0 Å². The number of carbonyl (C=O) groups excluding carboxylic acids is 1. The Kier molecular flexibility index (Phi) is 9.01. The number of benzene rings is 2. The van der Waals surface area contributed by atoms with E-state index in [9.17, 15) is 4.79 Å². The van der Waals surface area contributed by atoms with Crippen LogP contribution in [0.4, 0.5) is 10.5 Å². The molecule has 2 aromatic rings. The van der Waals surface area contributed by atoms with Crippen molar-refractivity contribution in [1.82, 2.24) is 9.80 Å². The molecule has 2 aliphatic heterocycles. The molecule has 0 aliphatic carbocycles. The summed E-state index contributed by atoms with van der Waals surface area (Å²) < 4.78 is 17.7. The minimum absolute atomic E-state index is 0.185. The first kappa shape index (κ1) is 26.6. The monoisotopic (exact) mass is 559 g/mol. The molecule has 0 aromatic heterocycles. The van der Waals surface area contributed by atoms with E-state index in [1.165, 1.54) is 16.8 Å². The number of halogens is 1. The first-order valence-electron chi connectivity index (χ1n) is 12.7. The van der Waals surface area contributed by atoms with E-state index in [1.54, 1.807) is 14.2 Å². The molecule has 2 fully saturated rings. The van der Waals surface area contributed by atoms with Crippen LogP contribution in [0.3, 0.4) is 0 Å². The lowest BCUT2D eigenvalue weighted by Crippen LogP contribution is -2.49. The maximum Gasteiger partial charge on any atom is 0.409 e. The Labute approximate surface area is 223 Å². The van der Waals surface area contributed by atoms with Gasteiger partial charge in [0.15, 0.2) is 11.5 Å². The van der Waals surface area contributed by atoms with Gasteiger partial charge in [0.25, 0.3) is 0 Å². The first-order chi connectivity index (χ1) is 17.4. The van der Waals surface area contributed by atoms with E-state index in [2.05, 4.69) is 57.8 Å². The highest BCUT2D eigenvalue weighted by atomic mass is 79.9. The topological polar surface area (TPSA) is 54.5 Å². The number of anilines is 1. The van der Waals surface area contributed by atoms with Crippen LogP contribution >= 0.6 is 15.9 Å². The quantitative estimate of drug-likeness (QED) is 0.461. The number of piperazine rings is 1. The molecule has 0 radical (unpaired) electrons. The molecular weight excluding hydrogens is 522 g/mol. The molecule has 0 N–H and O–H groups in total. The second kappa shape index (κ2) is 12.2. The summed E-state index contributed by atoms with van der Waals surface area (Å²) >= 11 is 3.67. The standard InChI is InChI=1S/C28H38BrN3O4/c1-20-7-8-25(21(2)14-20)31-10-12-32(13-11-31)28(33)36-19-22-6-5-9-30(17-22)18-23-15-26(34-3)27(35-4)16-24(23)29/h7-8,14-16,22H,5-6,9-13,17-19H2,1-4H3. The van der Waals surface area contributed by atoms with Crippen LogP contribution in [0.2, 0.25) is 0 Å². The highest BCUT2D eigenvalue weighted by Crippen LogP contribution is 2.34. The number of carbonyl (C=O) groups is 1. The molecule has 36 heavy (non-hydrogen) atoms. The number of likely N-dealkylation sites (tertiary alicyclic amines) is 1. The van der Waals surface area contributed by atoms with Gasteiger partial charge in [-0.25, -0.2) is 4.79 Å². The molecule has 2 aliphatic rings. The second-order valence-corrected chi connectivity index (χ2v) is 10.7. The molecule has 0 saturated carbocycles. The Morgan fingerprint density at radius 1 is 1.00 bits per heavy atom. The Morgan fingerprint density at radius 2 is 1.72 bits per heavy atom. The van der Waals surface area contributed by atoms with E-state index < -0.39 is 0 Å². The second-order valence-electron chi connectivity index (χ2n) is 9.88. The van der Waals surface area contributed by atoms with Crippen molar-refractivity contribution in [3.05, 3.63) is 51.5 Å². The molecule has 4 rings (SSSR count). The number of methoxy groups -OCH3 is 2. The highest BCUT2D eigenvalue weighted by molar-refractivity contribution is 9.10. The molecule has 1 amide bonds. The summed E-state index contributed by atoms with van der Waals surface area (Å²) in [5.74, 6) is 1.79. The molecule has 2 saturated heterocycles. The number of hydrogen-bond acceptors (Lipinski definition) is 6. The number of rotatable bonds is 7. The summed E-state index contributed by atoms with van der Waals surface area (Å²) in [6, 6.07) is 10.5. The molecule has 2 aromatic carbocycles. The van der Waals surface area contributed by atoms with Crippen molar-refractivity contribution >= 4 is 27.7 Å². The van der Waals surface area contributed by atoms with Gasteiger partial charge in [-0.05, 0) is 62.6 Å². The summed E-state index contributed by atoms with van der Waals surface area (Å²) in [5.41, 5.74) is 4.98. The molecular formula is C28H38BrN3O4. The van der Waals surface area contributed by atoms with Crippen molar-refractivity contribution in [1.29, 1.82) is 0 Å². The fourth-order valence-corrected chi connectivity index (χ4v) is 5.71. The maximum atomic E-state index is 12.8. The van der Waals surface area contributed by atoms with Crippen molar-refractivity contribution in [2.24, 2.45) is 5.92 Å². The minimum Gasteiger partial charge on any atom is -0.493 e. The molecule has 7 nitrogen and oxygen atoms in total. The van der Waals surface area contributed by atoms with Crippen LogP contribution in [0.25, 0.3) is 0 Å². The zero-order valence-corrected chi connectivity index (χ0v) is 23.5. The average Bonchev–Trinajstić information content (AvgIpc) is 2.88. The number of ether oxygens (including phenoxy) is 3. The van der Waals surface area contributed by atoms with E-state index in [0.717, 1.165) is 61.4 Å². The summed E-state index contributed by atoms with van der Waals surface area (Å²) in [5, 5.41) is 0. The molecule has 0 spiro atoms. The lowest BCUT2D eigenvalue weighted by molar-refractivity contribution is 0.0623. The number of nitrogens with zero attached hydrogens (tertiary/aromatic N) is 3. The third-order valence-electron chi connectivity index (χ3n) is 7.22. The minimum atomic E-state index is -0.185. The van der Waals surface area contributed by atoms with Gasteiger partial charge in [0.1, 0.15) is 0 Å². The van der Waals surface area contributed by atoms with Crippen molar-refractivity contribution in [2.75, 3.05) is 65.0 Å². The van der Waals surface area contributed by atoms with E-state index >= 15 is 0 Å². The van der Waals surface area contributed by atoms with Gasteiger partial charge in [-0.1, -0.05) is 33.6 Å². The van der Waals surface area contributed by atoms with Gasteiger partial charge in [-0.3, -0.25) is 4.90 Å². The summed E-state index contributed by atoms with van der Waals surface area (Å²) in [4.78, 5) is 19.4. The van der Waals surface area contributed by atoms with Crippen LogP contribution in [0, 0.1) is 19.8 Å². The van der Waals surface area contributed by atoms with Gasteiger partial charge in [0, 0.05) is 55.3 Å². The smallest absolute Gasteiger partial charge is 0.409 e. The summed E-state index contributed by atoms with van der Waals surface area (Å²) in [6.45, 7) is 10.5. The number of aryl methyl sites for hydroxylation is 2. The van der Waals surface area contributed by atoms with E-state index in [-0.39, 0.29) is 6.09 Å². The predicted octanol–water partition coefficient (Wildman–Crippen LogP) is 5.25. The van der Waals surface area contributed by atoms with Crippen LogP contribution in [-0.4, -0.2) is 76.0 Å². The van der Waals surface area contributed by atoms with Crippen LogP contribution in [0.5, 0.6) is 11.5 Å². The Morgan fingerprint density at radius 3 is 2.42 bits per heavy atom. The summed E-state index contributed by atoms with van der Waals surface area (Å²) in [6.07, 6.45) is 1.99. The third kappa shape index (κ3) is 6.45. The fraction of sp³-hybridized carbons (Fsp3) is 0.536. The van der Waals surface area contributed by atoms with Gasteiger partial charge in [0.2, 0.25) is 0 Å². The van der Waals surface area contributed by atoms with Crippen LogP contribution in [0.15, 0.2) is 34.8 Å². The van der Waals surface area contributed by atoms with Gasteiger partial charge < -0.3 is 24.0 Å². The molecule has 2 heterocycles. The van der Waals surface area contributed by atoms with Crippen LogP contribution in [0.1, 0.15) is 29.5 Å². The van der Waals surface area contributed by atoms with Crippen molar-refractivity contribution < 1.29 is 19.0 Å². The van der Waals surface area contributed by atoms with Gasteiger partial charge in [-0.2, -0.15) is 0 Å². The number of amides is 1. The van der Waals surface area contributed by atoms with E-state index in [0.29, 0.717) is 31.4 Å². The molecule has 8 heteroatoms. The average molecular weight is 561 g/mol. The van der Waals surface area contributed by atoms with Crippen molar-refractivity contribution in [2.45, 2.75) is 33.2 Å². The van der Waals surface area contributed by atoms with Crippen molar-refractivity contribution in [3.63, 3.8) is 0 Å². The van der Waals surface area contributed by atoms with Crippen molar-refractivity contribution in [3.8, 4) is 11.5 Å². The SMILES string of the molecule is COc1cc(Br)c(CN2CCCC(COC(=O)N3CCN(c4ccc(C)cc4C)CC3)C2)cc1OC. The Balaban J connectivity index is 1.25. The van der Waals surface area contributed by atoms with E-state index in [1.807, 2.05) is 17.0 Å². The zero-order chi connectivity index (χ0) is 25.7. The maximum absolute atomic E-state index is 12.8. The van der Waals surface area contributed by atoms with Crippen LogP contribution < -0.4 is 14.4 Å². The van der Waals surface area contributed by atoms with E-state index in [4.69, 9.17) is 14.2 Å². The largest absolute Gasteiger partial charge is 0.493 e. The molecule has 1 unspecified atom stereocenters. The highest BCUT2D eigenvalue weighted by Gasteiger charge is 2.26. The van der Waals surface area contributed by atoms with Crippen LogP contribution in [-0.2, 0) is 11.3 Å². The van der Waals surface area contributed by atoms with Gasteiger partial charge in [0.05, 0.1) is 20.8 Å². The lowest BCUT2D eigenvalue weighted by atomic mass is 9.98. The Hall–Kier alpha value is -2.45. The molecule has 0 bridgehead atoms. The first-order valence-corrected chi connectivity index (χ1v) is 13.5. The molecule has 1 atom stereocenters. The van der Waals surface area contributed by atoms with Gasteiger partial charge >= 0.3 is 6.09 Å². The number of piperidine rings is 1. The lowest BCUT2D eigenvalue weighted by Gasteiger charge is -2.37. The Bertz CT molecular complexity index is 1060. The summed E-state index contributed by atoms with van der Waals surface area (Å²) in [7, 11) is 3.30. The predicted molar refractivity (Wildman–Crippen MR) is 146 cm³/mol. The number of hydrogen-bond donors (Lipinski definition) is 0. The zero-order valence-electron chi connectivity index (χ0n) is 21.9. The fourth-order valence-electron chi connectivity index (χ4n) is 5.26. The normalized spacial score (nSPS) is 18.8.